The van der Waals surface area contributed by atoms with Crippen molar-refractivity contribution in [1.82, 2.24) is 10.2 Å². The first-order valence-electron chi connectivity index (χ1n) is 8.33. The second-order valence-electron chi connectivity index (χ2n) is 5.67. The number of thioether (sulfide) groups is 1. The van der Waals surface area contributed by atoms with Crippen LogP contribution in [-0.4, -0.2) is 36.1 Å². The predicted octanol–water partition coefficient (Wildman–Crippen LogP) is 4.03. The molecule has 1 heterocycles. The van der Waals surface area contributed by atoms with E-state index in [0.717, 1.165) is 5.56 Å². The van der Waals surface area contributed by atoms with Gasteiger partial charge in [0.15, 0.2) is 0 Å². The van der Waals surface area contributed by atoms with E-state index in [0.29, 0.717) is 27.9 Å². The van der Waals surface area contributed by atoms with Gasteiger partial charge in [0.1, 0.15) is 22.3 Å². The first-order valence-corrected chi connectivity index (χ1v) is 9.32. The number of amides is 1. The minimum absolute atomic E-state index is 0.135. The van der Waals surface area contributed by atoms with E-state index in [4.69, 9.17) is 9.47 Å². The Bertz CT molecular complexity index is 967. The number of ether oxygens (including phenoxy) is 2. The third kappa shape index (κ3) is 4.98. The Hall–Kier alpha value is -3.13. The number of carbonyl (C=O) groups excluding carboxylic acids is 1. The third-order valence-corrected chi connectivity index (χ3v) is 4.70. The summed E-state index contributed by atoms with van der Waals surface area (Å²) in [6.07, 6.45) is 0. The van der Waals surface area contributed by atoms with Crippen LogP contribution in [-0.2, 0) is 4.79 Å². The minimum atomic E-state index is -0.402. The molecule has 0 aliphatic rings. The van der Waals surface area contributed by atoms with Crippen molar-refractivity contribution in [3.63, 3.8) is 0 Å². The van der Waals surface area contributed by atoms with E-state index in [1.165, 1.54) is 30.0 Å². The molecule has 0 radical (unpaired) electrons. The molecule has 1 aromatic heterocycles. The number of hydrogen-bond acceptors (Lipinski definition) is 6. The molecule has 6 nitrogen and oxygen atoms in total. The summed E-state index contributed by atoms with van der Waals surface area (Å²) in [5.41, 5.74) is 1.85. The Morgan fingerprint density at radius 2 is 1.93 bits per heavy atom. The first-order chi connectivity index (χ1) is 13.6. The predicted molar refractivity (Wildman–Crippen MR) is 106 cm³/mol. The zero-order chi connectivity index (χ0) is 19.9. The quantitative estimate of drug-likeness (QED) is 0.605. The van der Waals surface area contributed by atoms with Crippen LogP contribution in [0.2, 0.25) is 0 Å². The molecule has 1 N–H and O–H groups in total. The number of benzene rings is 2. The highest BCUT2D eigenvalue weighted by molar-refractivity contribution is 7.99. The van der Waals surface area contributed by atoms with Gasteiger partial charge < -0.3 is 14.8 Å². The van der Waals surface area contributed by atoms with Crippen molar-refractivity contribution in [3.8, 4) is 22.8 Å². The van der Waals surface area contributed by atoms with Crippen LogP contribution in [0.1, 0.15) is 0 Å². The van der Waals surface area contributed by atoms with Gasteiger partial charge in [-0.15, -0.1) is 10.2 Å². The van der Waals surface area contributed by atoms with Gasteiger partial charge in [-0.3, -0.25) is 4.79 Å². The fourth-order valence-corrected chi connectivity index (χ4v) is 3.07. The van der Waals surface area contributed by atoms with E-state index >= 15 is 0 Å². The summed E-state index contributed by atoms with van der Waals surface area (Å²) in [6, 6.07) is 14.8. The largest absolute Gasteiger partial charge is 0.497 e. The summed E-state index contributed by atoms with van der Waals surface area (Å²) in [7, 11) is 3.16. The Labute approximate surface area is 166 Å². The zero-order valence-electron chi connectivity index (χ0n) is 15.3. The van der Waals surface area contributed by atoms with E-state index < -0.39 is 5.82 Å². The molecular weight excluding hydrogens is 381 g/mol. The Kier molecular flexibility index (Phi) is 6.44. The summed E-state index contributed by atoms with van der Waals surface area (Å²) in [6.45, 7) is 0. The summed E-state index contributed by atoms with van der Waals surface area (Å²) in [5.74, 6) is 0.795. The van der Waals surface area contributed by atoms with Crippen LogP contribution in [0.5, 0.6) is 11.5 Å². The highest BCUT2D eigenvalue weighted by atomic mass is 32.2. The molecule has 28 heavy (non-hydrogen) atoms. The summed E-state index contributed by atoms with van der Waals surface area (Å²) in [5, 5.41) is 11.6. The van der Waals surface area contributed by atoms with Gasteiger partial charge >= 0.3 is 0 Å². The lowest BCUT2D eigenvalue weighted by molar-refractivity contribution is -0.113. The topological polar surface area (TPSA) is 73.3 Å². The van der Waals surface area contributed by atoms with Crippen molar-refractivity contribution in [3.05, 3.63) is 60.4 Å². The van der Waals surface area contributed by atoms with Crippen LogP contribution >= 0.6 is 11.8 Å². The number of carbonyl (C=O) groups is 1. The molecule has 3 rings (SSSR count). The molecule has 0 unspecified atom stereocenters. The van der Waals surface area contributed by atoms with Crippen molar-refractivity contribution in [2.45, 2.75) is 5.03 Å². The van der Waals surface area contributed by atoms with E-state index in [2.05, 4.69) is 15.5 Å². The molecule has 0 spiro atoms. The lowest BCUT2D eigenvalue weighted by atomic mass is 10.1. The number of methoxy groups -OCH3 is 2. The molecule has 2 aromatic carbocycles. The molecule has 0 fully saturated rings. The van der Waals surface area contributed by atoms with Gasteiger partial charge in [-0.05, 0) is 42.5 Å². The first kappa shape index (κ1) is 19.6. The average Bonchev–Trinajstić information content (AvgIpc) is 2.72. The van der Waals surface area contributed by atoms with E-state index in [1.807, 2.05) is 18.2 Å². The van der Waals surface area contributed by atoms with Crippen LogP contribution in [0.4, 0.5) is 10.1 Å². The van der Waals surface area contributed by atoms with Crippen molar-refractivity contribution >= 4 is 23.4 Å². The van der Waals surface area contributed by atoms with Crippen molar-refractivity contribution in [2.75, 3.05) is 25.3 Å². The Morgan fingerprint density at radius 3 is 2.61 bits per heavy atom. The monoisotopic (exact) mass is 399 g/mol. The van der Waals surface area contributed by atoms with Crippen LogP contribution in [0.3, 0.4) is 0 Å². The van der Waals surface area contributed by atoms with E-state index in [9.17, 15) is 9.18 Å². The highest BCUT2D eigenvalue weighted by Crippen LogP contribution is 2.32. The van der Waals surface area contributed by atoms with Gasteiger partial charge in [-0.25, -0.2) is 4.39 Å². The van der Waals surface area contributed by atoms with Gasteiger partial charge in [0.05, 0.1) is 25.7 Å². The third-order valence-electron chi connectivity index (χ3n) is 3.78. The number of anilines is 1. The fourth-order valence-electron chi connectivity index (χ4n) is 2.45. The molecule has 0 atom stereocenters. The molecule has 0 saturated carbocycles. The number of hydrogen-bond donors (Lipinski definition) is 1. The van der Waals surface area contributed by atoms with E-state index in [1.54, 1.807) is 32.4 Å². The molecule has 1 amide bonds. The van der Waals surface area contributed by atoms with Gasteiger partial charge in [0.25, 0.3) is 0 Å². The molecule has 8 heteroatoms. The Balaban J connectivity index is 1.62. The summed E-state index contributed by atoms with van der Waals surface area (Å²) >= 11 is 1.24. The van der Waals surface area contributed by atoms with Crippen LogP contribution in [0.25, 0.3) is 11.3 Å². The molecule has 144 valence electrons. The smallest absolute Gasteiger partial charge is 0.234 e. The summed E-state index contributed by atoms with van der Waals surface area (Å²) < 4.78 is 23.7. The molecule has 0 aliphatic carbocycles. The van der Waals surface area contributed by atoms with E-state index in [-0.39, 0.29) is 11.7 Å². The second-order valence-corrected chi connectivity index (χ2v) is 6.67. The fraction of sp³-hybridized carbons (Fsp3) is 0.150. The van der Waals surface area contributed by atoms with Gasteiger partial charge in [0, 0.05) is 17.3 Å². The highest BCUT2D eigenvalue weighted by Gasteiger charge is 2.11. The van der Waals surface area contributed by atoms with Gasteiger partial charge in [0.2, 0.25) is 5.91 Å². The maximum atomic E-state index is 13.2. The van der Waals surface area contributed by atoms with Crippen LogP contribution in [0.15, 0.2) is 59.6 Å². The number of nitrogens with one attached hydrogen (secondary N) is 1. The van der Waals surface area contributed by atoms with Crippen LogP contribution < -0.4 is 14.8 Å². The maximum absolute atomic E-state index is 13.2. The lowest BCUT2D eigenvalue weighted by Gasteiger charge is -2.10. The number of halogens is 1. The van der Waals surface area contributed by atoms with Gasteiger partial charge in [-0.2, -0.15) is 0 Å². The maximum Gasteiger partial charge on any atom is 0.234 e. The molecule has 0 saturated heterocycles. The SMILES string of the molecule is COc1ccc(-c2ccc(SCC(=O)Nc3cccc(F)c3)nn2)c(OC)c1. The van der Waals surface area contributed by atoms with Crippen molar-refractivity contribution < 1.29 is 18.7 Å². The molecule has 3 aromatic rings. The zero-order valence-corrected chi connectivity index (χ0v) is 16.1. The molecular formula is C20H18FN3O3S. The van der Waals surface area contributed by atoms with Crippen molar-refractivity contribution in [1.29, 1.82) is 0 Å². The average molecular weight is 399 g/mol. The number of aromatic nitrogens is 2. The number of rotatable bonds is 7. The minimum Gasteiger partial charge on any atom is -0.497 e. The molecule has 0 aliphatic heterocycles. The Morgan fingerprint density at radius 1 is 1.07 bits per heavy atom. The van der Waals surface area contributed by atoms with Crippen molar-refractivity contribution in [2.24, 2.45) is 0 Å². The standard InChI is InChI=1S/C20H18FN3O3S/c1-26-15-6-7-16(18(11-15)27-2)17-8-9-20(24-23-17)28-12-19(25)22-14-5-3-4-13(21)10-14/h3-11H,12H2,1-2H3,(H,22,25). The summed E-state index contributed by atoms with van der Waals surface area (Å²) in [4.78, 5) is 12.0. The normalized spacial score (nSPS) is 10.4. The number of nitrogens with zero attached hydrogens (tertiary/aromatic N) is 2. The molecule has 0 bridgehead atoms. The van der Waals surface area contributed by atoms with Crippen LogP contribution in [0, 0.1) is 5.82 Å². The lowest BCUT2D eigenvalue weighted by Crippen LogP contribution is -2.14. The van der Waals surface area contributed by atoms with Gasteiger partial charge in [-0.1, -0.05) is 17.8 Å². The second kappa shape index (κ2) is 9.18.